The van der Waals surface area contributed by atoms with Crippen molar-refractivity contribution in [1.29, 1.82) is 0 Å². The number of hydrogen-bond acceptors (Lipinski definition) is 2. The van der Waals surface area contributed by atoms with Crippen molar-refractivity contribution in [1.82, 2.24) is 5.32 Å². The Morgan fingerprint density at radius 1 is 1.33 bits per heavy atom. The molecule has 0 amide bonds. The van der Waals surface area contributed by atoms with E-state index in [1.807, 2.05) is 11.8 Å². The Bertz CT molecular complexity index is 282. The van der Waals surface area contributed by atoms with Crippen LogP contribution in [0.3, 0.4) is 0 Å². The molecule has 1 fully saturated rings. The van der Waals surface area contributed by atoms with Crippen LogP contribution >= 0.6 is 11.8 Å². The zero-order valence-corrected chi connectivity index (χ0v) is 10.1. The van der Waals surface area contributed by atoms with E-state index < -0.39 is 0 Å². The summed E-state index contributed by atoms with van der Waals surface area (Å²) in [5.74, 6) is 1.97. The SMILES string of the molecule is CC(CNC1CC1)CSc1ccccc1. The summed E-state index contributed by atoms with van der Waals surface area (Å²) >= 11 is 1.96. The zero-order valence-electron chi connectivity index (χ0n) is 9.28. The minimum absolute atomic E-state index is 0.760. The number of nitrogens with one attached hydrogen (secondary N) is 1. The second kappa shape index (κ2) is 5.57. The topological polar surface area (TPSA) is 12.0 Å². The van der Waals surface area contributed by atoms with Crippen LogP contribution in [0.1, 0.15) is 19.8 Å². The van der Waals surface area contributed by atoms with Gasteiger partial charge in [0.25, 0.3) is 0 Å². The maximum Gasteiger partial charge on any atom is 0.00720 e. The normalized spacial score (nSPS) is 17.7. The van der Waals surface area contributed by atoms with Gasteiger partial charge in [0.05, 0.1) is 0 Å². The Kier molecular flexibility index (Phi) is 4.09. The third-order valence-corrected chi connectivity index (χ3v) is 3.95. The van der Waals surface area contributed by atoms with Crippen LogP contribution in [0.5, 0.6) is 0 Å². The molecule has 82 valence electrons. The fourth-order valence-electron chi connectivity index (χ4n) is 1.47. The predicted octanol–water partition coefficient (Wildman–Crippen LogP) is 3.17. The van der Waals surface area contributed by atoms with Gasteiger partial charge in [-0.2, -0.15) is 0 Å². The summed E-state index contributed by atoms with van der Waals surface area (Å²) < 4.78 is 0. The van der Waals surface area contributed by atoms with Crippen molar-refractivity contribution in [2.24, 2.45) is 5.92 Å². The lowest BCUT2D eigenvalue weighted by atomic mass is 10.2. The van der Waals surface area contributed by atoms with E-state index in [4.69, 9.17) is 0 Å². The summed E-state index contributed by atoms with van der Waals surface area (Å²) in [6.45, 7) is 3.50. The lowest BCUT2D eigenvalue weighted by Crippen LogP contribution is -2.24. The lowest BCUT2D eigenvalue weighted by molar-refractivity contribution is 0.557. The van der Waals surface area contributed by atoms with Crippen molar-refractivity contribution in [2.45, 2.75) is 30.7 Å². The van der Waals surface area contributed by atoms with Crippen LogP contribution in [0, 0.1) is 5.92 Å². The van der Waals surface area contributed by atoms with Gasteiger partial charge < -0.3 is 5.32 Å². The summed E-state index contributed by atoms with van der Waals surface area (Å²) in [7, 11) is 0. The van der Waals surface area contributed by atoms with Gasteiger partial charge in [-0.3, -0.25) is 0 Å². The van der Waals surface area contributed by atoms with Crippen LogP contribution in [0.2, 0.25) is 0 Å². The van der Waals surface area contributed by atoms with Crippen LogP contribution < -0.4 is 5.32 Å². The molecule has 0 spiro atoms. The molecule has 15 heavy (non-hydrogen) atoms. The minimum Gasteiger partial charge on any atom is -0.314 e. The third kappa shape index (κ3) is 4.27. The average molecular weight is 221 g/mol. The molecular weight excluding hydrogens is 202 g/mol. The molecule has 0 bridgehead atoms. The van der Waals surface area contributed by atoms with Crippen LogP contribution in [0.15, 0.2) is 35.2 Å². The van der Waals surface area contributed by atoms with E-state index in [1.165, 1.54) is 30.0 Å². The molecule has 0 heterocycles. The van der Waals surface area contributed by atoms with Gasteiger partial charge in [0.2, 0.25) is 0 Å². The highest BCUT2D eigenvalue weighted by molar-refractivity contribution is 7.99. The van der Waals surface area contributed by atoms with Crippen molar-refractivity contribution in [3.8, 4) is 0 Å². The maximum absolute atomic E-state index is 3.58. The second-order valence-electron chi connectivity index (χ2n) is 4.41. The molecule has 0 aliphatic heterocycles. The van der Waals surface area contributed by atoms with Crippen LogP contribution in [-0.2, 0) is 0 Å². The molecular formula is C13H19NS. The second-order valence-corrected chi connectivity index (χ2v) is 5.51. The smallest absolute Gasteiger partial charge is 0.00720 e. The van der Waals surface area contributed by atoms with Crippen molar-refractivity contribution < 1.29 is 0 Å². The first-order valence-corrected chi connectivity index (χ1v) is 6.74. The summed E-state index contributed by atoms with van der Waals surface area (Å²) in [5, 5.41) is 3.58. The molecule has 2 heteroatoms. The van der Waals surface area contributed by atoms with E-state index in [-0.39, 0.29) is 0 Å². The van der Waals surface area contributed by atoms with E-state index in [2.05, 4.69) is 42.6 Å². The van der Waals surface area contributed by atoms with Crippen molar-refractivity contribution in [3.63, 3.8) is 0 Å². The van der Waals surface area contributed by atoms with Gasteiger partial charge in [-0.05, 0) is 37.4 Å². The minimum atomic E-state index is 0.760. The van der Waals surface area contributed by atoms with Gasteiger partial charge in [0.1, 0.15) is 0 Å². The molecule has 1 nitrogen and oxygen atoms in total. The molecule has 1 N–H and O–H groups in total. The summed E-state index contributed by atoms with van der Waals surface area (Å²) in [5.41, 5.74) is 0. The Morgan fingerprint density at radius 3 is 2.73 bits per heavy atom. The van der Waals surface area contributed by atoms with Gasteiger partial charge in [0, 0.05) is 16.7 Å². The van der Waals surface area contributed by atoms with E-state index in [1.54, 1.807) is 0 Å². The summed E-state index contributed by atoms with van der Waals surface area (Å²) in [6, 6.07) is 11.5. The highest BCUT2D eigenvalue weighted by atomic mass is 32.2. The number of rotatable bonds is 6. The van der Waals surface area contributed by atoms with Gasteiger partial charge in [-0.15, -0.1) is 11.8 Å². The molecule has 1 aliphatic carbocycles. The van der Waals surface area contributed by atoms with Crippen molar-refractivity contribution in [2.75, 3.05) is 12.3 Å². The summed E-state index contributed by atoms with van der Waals surface area (Å²) in [4.78, 5) is 1.38. The first-order chi connectivity index (χ1) is 7.34. The maximum atomic E-state index is 3.58. The Balaban J connectivity index is 1.63. The van der Waals surface area contributed by atoms with E-state index in [0.29, 0.717) is 0 Å². The first kappa shape index (κ1) is 11.0. The Hall–Kier alpha value is -0.470. The first-order valence-electron chi connectivity index (χ1n) is 5.76. The van der Waals surface area contributed by atoms with Crippen molar-refractivity contribution in [3.05, 3.63) is 30.3 Å². The molecule has 1 unspecified atom stereocenters. The third-order valence-electron chi connectivity index (χ3n) is 2.61. The van der Waals surface area contributed by atoms with Gasteiger partial charge in [-0.1, -0.05) is 25.1 Å². The van der Waals surface area contributed by atoms with E-state index in [0.717, 1.165) is 12.0 Å². The zero-order chi connectivity index (χ0) is 10.5. The molecule has 1 aromatic carbocycles. The quantitative estimate of drug-likeness (QED) is 0.741. The van der Waals surface area contributed by atoms with Crippen LogP contribution in [-0.4, -0.2) is 18.3 Å². The van der Waals surface area contributed by atoms with Crippen molar-refractivity contribution >= 4 is 11.8 Å². The standard InChI is InChI=1S/C13H19NS/c1-11(9-14-12-7-8-12)10-15-13-5-3-2-4-6-13/h2-6,11-12,14H,7-10H2,1H3. The largest absolute Gasteiger partial charge is 0.314 e. The molecule has 1 saturated carbocycles. The average Bonchev–Trinajstić information content (AvgIpc) is 3.09. The van der Waals surface area contributed by atoms with Gasteiger partial charge >= 0.3 is 0 Å². The Morgan fingerprint density at radius 2 is 2.07 bits per heavy atom. The molecule has 1 aliphatic rings. The number of benzene rings is 1. The van der Waals surface area contributed by atoms with Gasteiger partial charge in [0.15, 0.2) is 0 Å². The lowest BCUT2D eigenvalue weighted by Gasteiger charge is -2.11. The van der Waals surface area contributed by atoms with Crippen LogP contribution in [0.25, 0.3) is 0 Å². The van der Waals surface area contributed by atoms with E-state index >= 15 is 0 Å². The highest BCUT2D eigenvalue weighted by Gasteiger charge is 2.20. The molecule has 0 saturated heterocycles. The van der Waals surface area contributed by atoms with Gasteiger partial charge in [-0.25, -0.2) is 0 Å². The van der Waals surface area contributed by atoms with Crippen LogP contribution in [0.4, 0.5) is 0 Å². The highest BCUT2D eigenvalue weighted by Crippen LogP contribution is 2.22. The van der Waals surface area contributed by atoms with E-state index in [9.17, 15) is 0 Å². The predicted molar refractivity (Wildman–Crippen MR) is 67.4 cm³/mol. The monoisotopic (exact) mass is 221 g/mol. The molecule has 0 radical (unpaired) electrons. The fourth-order valence-corrected chi connectivity index (χ4v) is 2.41. The Labute approximate surface area is 96.7 Å². The molecule has 1 atom stereocenters. The fraction of sp³-hybridized carbons (Fsp3) is 0.538. The summed E-state index contributed by atoms with van der Waals surface area (Å²) in [6.07, 6.45) is 2.77. The number of hydrogen-bond donors (Lipinski definition) is 1. The molecule has 2 rings (SSSR count). The molecule has 1 aromatic rings. The molecule has 0 aromatic heterocycles. The number of thioether (sulfide) groups is 1.